The first-order valence-electron chi connectivity index (χ1n) is 11.6. The minimum atomic E-state index is -1.82. The standard InChI is InChI=1S/C25H41ClN2OSi2/c1-19(2)31(20(3)4,21(5)6)14-11-23-22(16-26)17-27-25-24(23)10-12-28(25)18-29-13-15-30(7,8)9/h10,12,17,19-21H,13,15-16,18H2,1-9H3. The monoisotopic (exact) mass is 476 g/mol. The smallest absolute Gasteiger partial charge is 0.146 e. The third kappa shape index (κ3) is 6.04. The van der Waals surface area contributed by atoms with Gasteiger partial charge in [0.2, 0.25) is 0 Å². The quantitative estimate of drug-likeness (QED) is 0.161. The van der Waals surface area contributed by atoms with Gasteiger partial charge >= 0.3 is 0 Å². The average molecular weight is 477 g/mol. The van der Waals surface area contributed by atoms with E-state index in [0.29, 0.717) is 29.2 Å². The Hall–Kier alpha value is -1.07. The molecule has 0 spiro atoms. The number of aromatic nitrogens is 2. The fourth-order valence-corrected chi connectivity index (χ4v) is 10.8. The van der Waals surface area contributed by atoms with E-state index in [2.05, 4.69) is 89.5 Å². The second-order valence-electron chi connectivity index (χ2n) is 10.8. The van der Waals surface area contributed by atoms with Gasteiger partial charge in [-0.1, -0.05) is 67.1 Å². The normalized spacial score (nSPS) is 12.8. The van der Waals surface area contributed by atoms with Crippen LogP contribution in [0.15, 0.2) is 18.5 Å². The molecule has 0 bridgehead atoms. The van der Waals surface area contributed by atoms with Crippen LogP contribution in [0.2, 0.25) is 42.3 Å². The average Bonchev–Trinajstić information content (AvgIpc) is 3.07. The summed E-state index contributed by atoms with van der Waals surface area (Å²) in [7, 11) is -2.91. The van der Waals surface area contributed by atoms with Gasteiger partial charge in [-0.2, -0.15) is 0 Å². The first-order chi connectivity index (χ1) is 14.4. The van der Waals surface area contributed by atoms with E-state index in [4.69, 9.17) is 21.3 Å². The molecule has 0 radical (unpaired) electrons. The lowest BCUT2D eigenvalue weighted by molar-refractivity contribution is 0.0899. The summed E-state index contributed by atoms with van der Waals surface area (Å²) in [5, 5.41) is 1.08. The van der Waals surface area contributed by atoms with Gasteiger partial charge in [0.25, 0.3) is 0 Å². The number of pyridine rings is 1. The molecule has 31 heavy (non-hydrogen) atoms. The van der Waals surface area contributed by atoms with Crippen LogP contribution in [-0.2, 0) is 17.3 Å². The maximum atomic E-state index is 6.30. The van der Waals surface area contributed by atoms with Gasteiger partial charge in [0.1, 0.15) is 20.5 Å². The Morgan fingerprint density at radius 1 is 1.06 bits per heavy atom. The van der Waals surface area contributed by atoms with E-state index in [1.165, 1.54) is 6.04 Å². The summed E-state index contributed by atoms with van der Waals surface area (Å²) in [6, 6.07) is 3.28. The Morgan fingerprint density at radius 3 is 2.19 bits per heavy atom. The van der Waals surface area contributed by atoms with Crippen molar-refractivity contribution in [2.24, 2.45) is 0 Å². The number of rotatable bonds is 9. The number of alkyl halides is 1. The SMILES string of the molecule is CC(C)[Si](C#Cc1c(CCl)cnc2c1ccn2COCC[Si](C)(C)C)(C(C)C)C(C)C. The first-order valence-corrected chi connectivity index (χ1v) is 18.0. The number of hydrogen-bond donors (Lipinski definition) is 0. The summed E-state index contributed by atoms with van der Waals surface area (Å²) in [5.74, 6) is 4.05. The van der Waals surface area contributed by atoms with Crippen molar-refractivity contribution in [3.8, 4) is 11.5 Å². The molecule has 0 saturated carbocycles. The third-order valence-electron chi connectivity index (χ3n) is 6.51. The molecule has 172 valence electrons. The Labute approximate surface area is 196 Å². The lowest BCUT2D eigenvalue weighted by atomic mass is 10.1. The van der Waals surface area contributed by atoms with E-state index < -0.39 is 16.1 Å². The van der Waals surface area contributed by atoms with Crippen molar-refractivity contribution in [2.45, 2.75) is 96.5 Å². The molecule has 0 aliphatic heterocycles. The van der Waals surface area contributed by atoms with Crippen LogP contribution in [0.3, 0.4) is 0 Å². The highest BCUT2D eigenvalue weighted by Crippen LogP contribution is 2.41. The molecule has 6 heteroatoms. The maximum Gasteiger partial charge on any atom is 0.146 e. The maximum absolute atomic E-state index is 6.30. The summed E-state index contributed by atoms with van der Waals surface area (Å²) in [4.78, 5) is 4.70. The largest absolute Gasteiger partial charge is 0.361 e. The zero-order chi connectivity index (χ0) is 23.4. The molecule has 0 atom stereocenters. The van der Waals surface area contributed by atoms with E-state index in [0.717, 1.165) is 28.8 Å². The van der Waals surface area contributed by atoms with Crippen LogP contribution in [0.25, 0.3) is 11.0 Å². The first kappa shape index (κ1) is 26.2. The van der Waals surface area contributed by atoms with Gasteiger partial charge < -0.3 is 9.30 Å². The summed E-state index contributed by atoms with van der Waals surface area (Å²) in [6.45, 7) is 22.5. The number of halogens is 1. The lowest BCUT2D eigenvalue weighted by Crippen LogP contribution is -2.43. The number of ether oxygens (including phenoxy) is 1. The van der Waals surface area contributed by atoms with Crippen LogP contribution in [-0.4, -0.2) is 32.3 Å². The number of hydrogen-bond acceptors (Lipinski definition) is 2. The molecule has 2 aromatic heterocycles. The molecule has 0 unspecified atom stereocenters. The van der Waals surface area contributed by atoms with Crippen molar-refractivity contribution >= 4 is 38.8 Å². The highest BCUT2D eigenvalue weighted by molar-refractivity contribution is 6.90. The predicted molar refractivity (Wildman–Crippen MR) is 141 cm³/mol. The lowest BCUT2D eigenvalue weighted by Gasteiger charge is -2.38. The molecular formula is C25H41ClN2OSi2. The number of fused-ring (bicyclic) bond motifs is 1. The Morgan fingerprint density at radius 2 is 1.68 bits per heavy atom. The fraction of sp³-hybridized carbons (Fsp3) is 0.640. The van der Waals surface area contributed by atoms with E-state index in [-0.39, 0.29) is 0 Å². The predicted octanol–water partition coefficient (Wildman–Crippen LogP) is 7.66. The van der Waals surface area contributed by atoms with Gasteiger partial charge in [0, 0.05) is 43.6 Å². The molecule has 0 aliphatic rings. The molecule has 2 aromatic rings. The van der Waals surface area contributed by atoms with Gasteiger partial charge in [-0.3, -0.25) is 0 Å². The molecule has 2 rings (SSSR count). The molecule has 3 nitrogen and oxygen atoms in total. The van der Waals surface area contributed by atoms with Crippen LogP contribution < -0.4 is 0 Å². The van der Waals surface area contributed by atoms with Crippen molar-refractivity contribution in [1.82, 2.24) is 9.55 Å². The molecule has 0 N–H and O–H groups in total. The van der Waals surface area contributed by atoms with E-state index in [1.807, 2.05) is 6.20 Å². The summed E-state index contributed by atoms with van der Waals surface area (Å²) in [5.41, 5.74) is 8.64. The van der Waals surface area contributed by atoms with E-state index in [1.54, 1.807) is 0 Å². The highest BCUT2D eigenvalue weighted by atomic mass is 35.5. The minimum absolute atomic E-state index is 0.421. The van der Waals surface area contributed by atoms with Crippen LogP contribution >= 0.6 is 11.6 Å². The van der Waals surface area contributed by atoms with Crippen molar-refractivity contribution in [3.63, 3.8) is 0 Å². The molecule has 0 amide bonds. The van der Waals surface area contributed by atoms with Crippen molar-refractivity contribution in [3.05, 3.63) is 29.6 Å². The Bertz CT molecular complexity index is 911. The summed E-state index contributed by atoms with van der Waals surface area (Å²) < 4.78 is 8.05. The zero-order valence-electron chi connectivity index (χ0n) is 21.0. The molecule has 0 fully saturated rings. The molecule has 0 aromatic carbocycles. The Balaban J connectivity index is 2.45. The van der Waals surface area contributed by atoms with Gasteiger partial charge in [-0.05, 0) is 28.7 Å². The van der Waals surface area contributed by atoms with E-state index in [9.17, 15) is 0 Å². The van der Waals surface area contributed by atoms with Crippen LogP contribution in [0.5, 0.6) is 0 Å². The summed E-state index contributed by atoms with van der Waals surface area (Å²) in [6.07, 6.45) is 3.95. The van der Waals surface area contributed by atoms with Gasteiger partial charge in [0.05, 0.1) is 5.88 Å². The Kier molecular flexibility index (Phi) is 9.04. The zero-order valence-corrected chi connectivity index (χ0v) is 23.7. The second-order valence-corrected chi connectivity index (χ2v) is 22.3. The van der Waals surface area contributed by atoms with Crippen molar-refractivity contribution < 1.29 is 4.74 Å². The molecule has 0 aliphatic carbocycles. The second kappa shape index (κ2) is 10.7. The van der Waals surface area contributed by atoms with Gasteiger partial charge in [0.15, 0.2) is 0 Å². The highest BCUT2D eigenvalue weighted by Gasteiger charge is 2.41. The number of nitrogens with zero attached hydrogens (tertiary/aromatic N) is 2. The van der Waals surface area contributed by atoms with E-state index >= 15 is 0 Å². The molecule has 0 saturated heterocycles. The molecular weight excluding hydrogens is 436 g/mol. The third-order valence-corrected chi connectivity index (χ3v) is 14.8. The van der Waals surface area contributed by atoms with Crippen LogP contribution in [0.4, 0.5) is 0 Å². The summed E-state index contributed by atoms with van der Waals surface area (Å²) >= 11 is 6.30. The van der Waals surface area contributed by atoms with Crippen LogP contribution in [0.1, 0.15) is 52.7 Å². The van der Waals surface area contributed by atoms with Crippen molar-refractivity contribution in [1.29, 1.82) is 0 Å². The van der Waals surface area contributed by atoms with Crippen LogP contribution in [0, 0.1) is 11.5 Å². The fourth-order valence-electron chi connectivity index (χ4n) is 4.68. The molecule has 2 heterocycles. The van der Waals surface area contributed by atoms with Gasteiger partial charge in [-0.25, -0.2) is 4.98 Å². The topological polar surface area (TPSA) is 27.1 Å². The van der Waals surface area contributed by atoms with Gasteiger partial charge in [-0.15, -0.1) is 17.1 Å². The minimum Gasteiger partial charge on any atom is -0.361 e. The van der Waals surface area contributed by atoms with Crippen molar-refractivity contribution in [2.75, 3.05) is 6.61 Å².